The van der Waals surface area contributed by atoms with Crippen molar-refractivity contribution in [1.29, 1.82) is 0 Å². The summed E-state index contributed by atoms with van der Waals surface area (Å²) in [6.07, 6.45) is -1.16. The predicted octanol–water partition coefficient (Wildman–Crippen LogP) is -0.889. The summed E-state index contributed by atoms with van der Waals surface area (Å²) in [5.74, 6) is -0.180. The van der Waals surface area contributed by atoms with Gasteiger partial charge in [-0.05, 0) is 0 Å². The van der Waals surface area contributed by atoms with Crippen LogP contribution in [0.25, 0.3) is 0 Å². The number of ether oxygens (including phenoxy) is 1. The van der Waals surface area contributed by atoms with Crippen molar-refractivity contribution < 1.29 is 20.1 Å². The standard InChI is InChI=1S/C14H28N4O5Si2/c1-24(2,3)13(22)10(20)9(7-19)23-14(13,25(4,5)6)18-8-16-11(15)17-12(18)21/h8-10,19-20,22H,7H2,1-6H3,(H2,15,17,21)/t9-,10-,13+,14+/m1/s1. The highest BCUT2D eigenvalue weighted by molar-refractivity contribution is 6.85. The minimum absolute atomic E-state index is 0.180. The second kappa shape index (κ2) is 5.96. The Bertz CT molecular complexity index is 716. The zero-order chi connectivity index (χ0) is 19.4. The molecule has 0 bridgehead atoms. The summed E-state index contributed by atoms with van der Waals surface area (Å²) in [6.45, 7) is 10.9. The zero-order valence-electron chi connectivity index (χ0n) is 15.5. The molecule has 9 nitrogen and oxygen atoms in total. The van der Waals surface area contributed by atoms with E-state index in [1.54, 1.807) is 0 Å². The number of nitrogens with zero attached hydrogens (tertiary/aromatic N) is 3. The van der Waals surface area contributed by atoms with Crippen LogP contribution in [0, 0.1) is 0 Å². The van der Waals surface area contributed by atoms with Crippen LogP contribution in [0.3, 0.4) is 0 Å². The van der Waals surface area contributed by atoms with E-state index in [9.17, 15) is 20.1 Å². The van der Waals surface area contributed by atoms with E-state index < -0.39 is 51.2 Å². The predicted molar refractivity (Wildman–Crippen MR) is 98.3 cm³/mol. The average Bonchev–Trinajstić information content (AvgIpc) is 2.69. The van der Waals surface area contributed by atoms with Crippen molar-refractivity contribution in [1.82, 2.24) is 14.5 Å². The Kier molecular flexibility index (Phi) is 4.81. The van der Waals surface area contributed by atoms with Crippen molar-refractivity contribution in [3.8, 4) is 0 Å². The molecule has 5 N–H and O–H groups in total. The zero-order valence-corrected chi connectivity index (χ0v) is 17.5. The van der Waals surface area contributed by atoms with Gasteiger partial charge in [0.2, 0.25) is 5.95 Å². The highest BCUT2D eigenvalue weighted by Crippen LogP contribution is 2.52. The van der Waals surface area contributed by atoms with Crippen LogP contribution in [-0.2, 0) is 10.1 Å². The van der Waals surface area contributed by atoms with Crippen molar-refractivity contribution in [2.75, 3.05) is 12.3 Å². The molecule has 1 aromatic heterocycles. The number of hydrogen-bond acceptors (Lipinski definition) is 8. The van der Waals surface area contributed by atoms with Gasteiger partial charge < -0.3 is 25.8 Å². The molecule has 1 aliphatic heterocycles. The summed E-state index contributed by atoms with van der Waals surface area (Å²) in [5, 5.41) is 29.2. The number of nitrogens with two attached hydrogens (primary N) is 1. The van der Waals surface area contributed by atoms with Gasteiger partial charge in [0.05, 0.1) is 14.7 Å². The van der Waals surface area contributed by atoms with E-state index in [2.05, 4.69) is 9.97 Å². The van der Waals surface area contributed by atoms with Gasteiger partial charge >= 0.3 is 5.69 Å². The third-order valence-electron chi connectivity index (χ3n) is 5.02. The average molecular weight is 389 g/mol. The molecule has 1 aromatic rings. The summed E-state index contributed by atoms with van der Waals surface area (Å²) >= 11 is 0. The Labute approximate surface area is 148 Å². The van der Waals surface area contributed by atoms with Gasteiger partial charge in [0.25, 0.3) is 0 Å². The van der Waals surface area contributed by atoms with Gasteiger partial charge in [-0.25, -0.2) is 9.78 Å². The molecule has 25 heavy (non-hydrogen) atoms. The molecular formula is C14H28N4O5Si2. The highest BCUT2D eigenvalue weighted by Gasteiger charge is 2.75. The first kappa shape index (κ1) is 20.2. The lowest BCUT2D eigenvalue weighted by atomic mass is 10.1. The van der Waals surface area contributed by atoms with Gasteiger partial charge in [-0.1, -0.05) is 39.3 Å². The van der Waals surface area contributed by atoms with E-state index in [1.807, 2.05) is 39.3 Å². The Morgan fingerprint density at radius 2 is 1.84 bits per heavy atom. The minimum atomic E-state index is -2.58. The molecule has 0 aromatic carbocycles. The number of anilines is 1. The second-order valence-electron chi connectivity index (χ2n) is 8.56. The lowest BCUT2D eigenvalue weighted by Gasteiger charge is -2.54. The number of hydrogen-bond donors (Lipinski definition) is 4. The quantitative estimate of drug-likeness (QED) is 0.486. The molecule has 0 spiro atoms. The molecule has 2 heterocycles. The van der Waals surface area contributed by atoms with Crippen LogP contribution in [0.5, 0.6) is 0 Å². The molecule has 1 saturated heterocycles. The van der Waals surface area contributed by atoms with Crippen molar-refractivity contribution in [2.24, 2.45) is 0 Å². The van der Waals surface area contributed by atoms with Gasteiger partial charge in [-0.15, -0.1) is 0 Å². The van der Waals surface area contributed by atoms with Crippen LogP contribution in [0.1, 0.15) is 0 Å². The Morgan fingerprint density at radius 3 is 2.24 bits per heavy atom. The maximum absolute atomic E-state index is 12.6. The second-order valence-corrected chi connectivity index (χ2v) is 19.0. The van der Waals surface area contributed by atoms with Crippen LogP contribution >= 0.6 is 0 Å². The monoisotopic (exact) mass is 388 g/mol. The largest absolute Gasteiger partial charge is 0.394 e. The third-order valence-corrected chi connectivity index (χ3v) is 11.0. The van der Waals surface area contributed by atoms with Crippen LogP contribution in [0.4, 0.5) is 5.95 Å². The molecule has 1 fully saturated rings. The Hall–Kier alpha value is -1.12. The van der Waals surface area contributed by atoms with Crippen molar-refractivity contribution in [2.45, 2.75) is 62.1 Å². The summed E-state index contributed by atoms with van der Waals surface area (Å²) in [4.78, 5) is 20.2. The molecule has 2 rings (SSSR count). The van der Waals surface area contributed by atoms with Gasteiger partial charge in [0, 0.05) is 0 Å². The van der Waals surface area contributed by atoms with Gasteiger partial charge in [-0.2, -0.15) is 4.98 Å². The maximum Gasteiger partial charge on any atom is 0.354 e. The Balaban J connectivity index is 2.94. The first-order chi connectivity index (χ1) is 11.2. The molecule has 1 aliphatic rings. The van der Waals surface area contributed by atoms with Gasteiger partial charge in [0.15, 0.2) is 5.35 Å². The van der Waals surface area contributed by atoms with E-state index in [0.717, 1.165) is 4.57 Å². The van der Waals surface area contributed by atoms with Crippen LogP contribution < -0.4 is 11.4 Å². The smallest absolute Gasteiger partial charge is 0.354 e. The number of nitrogen functional groups attached to an aromatic ring is 1. The lowest BCUT2D eigenvalue weighted by Crippen LogP contribution is -2.78. The fourth-order valence-electron chi connectivity index (χ4n) is 3.85. The van der Waals surface area contributed by atoms with E-state index in [-0.39, 0.29) is 5.95 Å². The molecule has 0 unspecified atom stereocenters. The van der Waals surface area contributed by atoms with E-state index >= 15 is 0 Å². The SMILES string of the molecule is C[Si](C)(C)[C@@]1(O)[C@H](O)[C@@H](CO)O[C@]1(n1cnc(N)nc1=O)[Si](C)(C)C. The van der Waals surface area contributed by atoms with Crippen molar-refractivity contribution in [3.63, 3.8) is 0 Å². The first-order valence-corrected chi connectivity index (χ1v) is 15.1. The fraction of sp³-hybridized carbons (Fsp3) is 0.786. The number of aliphatic hydroxyl groups is 3. The topological polar surface area (TPSA) is 144 Å². The van der Waals surface area contributed by atoms with Crippen LogP contribution in [0.2, 0.25) is 39.3 Å². The molecule has 142 valence electrons. The lowest BCUT2D eigenvalue weighted by molar-refractivity contribution is -0.116. The number of aromatic nitrogens is 3. The molecule has 4 atom stereocenters. The summed E-state index contributed by atoms with van der Waals surface area (Å²) in [7, 11) is -5.15. The van der Waals surface area contributed by atoms with E-state index in [4.69, 9.17) is 10.5 Å². The molecule has 0 amide bonds. The third kappa shape index (κ3) is 2.61. The molecule has 11 heteroatoms. The van der Waals surface area contributed by atoms with Gasteiger partial charge in [-0.3, -0.25) is 4.57 Å². The van der Waals surface area contributed by atoms with Crippen LogP contribution in [-0.4, -0.2) is 70.0 Å². The molecule has 0 saturated carbocycles. The molecule has 0 radical (unpaired) electrons. The maximum atomic E-state index is 12.6. The van der Waals surface area contributed by atoms with Crippen LogP contribution in [0.15, 0.2) is 11.1 Å². The Morgan fingerprint density at radius 1 is 1.28 bits per heavy atom. The van der Waals surface area contributed by atoms with Crippen molar-refractivity contribution in [3.05, 3.63) is 16.8 Å². The number of aliphatic hydroxyl groups excluding tert-OH is 2. The fourth-order valence-corrected chi connectivity index (χ4v) is 11.0. The normalized spacial score (nSPS) is 33.6. The highest BCUT2D eigenvalue weighted by atomic mass is 28.3. The summed E-state index contributed by atoms with van der Waals surface area (Å²) in [5.41, 5.74) is 4.79. The van der Waals surface area contributed by atoms with Gasteiger partial charge in [0.1, 0.15) is 31.8 Å². The summed E-state index contributed by atoms with van der Waals surface area (Å²) in [6, 6.07) is 0. The van der Waals surface area contributed by atoms with E-state index in [1.165, 1.54) is 6.33 Å². The molecule has 0 aliphatic carbocycles. The first-order valence-electron chi connectivity index (χ1n) is 8.15. The van der Waals surface area contributed by atoms with Crippen molar-refractivity contribution >= 4 is 22.1 Å². The summed E-state index contributed by atoms with van der Waals surface area (Å²) < 4.78 is 7.27. The number of rotatable bonds is 4. The molecular weight excluding hydrogens is 360 g/mol. The van der Waals surface area contributed by atoms with E-state index in [0.29, 0.717) is 0 Å². The minimum Gasteiger partial charge on any atom is -0.394 e.